The number of amides is 1. The molecule has 82 valence electrons. The van der Waals surface area contributed by atoms with Crippen molar-refractivity contribution in [2.45, 2.75) is 6.36 Å². The van der Waals surface area contributed by atoms with Crippen molar-refractivity contribution in [2.24, 2.45) is 0 Å². The van der Waals surface area contributed by atoms with Crippen LogP contribution in [0.2, 0.25) is 5.02 Å². The van der Waals surface area contributed by atoms with Crippen LogP contribution in [-0.4, -0.2) is 12.8 Å². The number of anilines is 1. The van der Waals surface area contributed by atoms with Gasteiger partial charge in [0.25, 0.3) is 0 Å². The molecule has 0 aliphatic carbocycles. The Morgan fingerprint density at radius 2 is 2.07 bits per heavy atom. The van der Waals surface area contributed by atoms with E-state index in [1.165, 1.54) is 6.07 Å². The quantitative estimate of drug-likeness (QED) is 0.824. The van der Waals surface area contributed by atoms with Gasteiger partial charge in [-0.05, 0) is 18.2 Å². The number of hydrogen-bond donors (Lipinski definition) is 1. The predicted molar refractivity (Wildman–Crippen MR) is 47.8 cm³/mol. The highest BCUT2D eigenvalue weighted by molar-refractivity contribution is 6.32. The Bertz CT molecular complexity index is 367. The lowest BCUT2D eigenvalue weighted by Gasteiger charge is -2.10. The fourth-order valence-corrected chi connectivity index (χ4v) is 1.09. The van der Waals surface area contributed by atoms with Crippen LogP contribution in [0.4, 0.5) is 18.9 Å². The average Bonchev–Trinajstić information content (AvgIpc) is 2.08. The van der Waals surface area contributed by atoms with Crippen LogP contribution >= 0.6 is 11.6 Å². The summed E-state index contributed by atoms with van der Waals surface area (Å²) in [7, 11) is 0. The Hall–Kier alpha value is -1.43. The maximum atomic E-state index is 11.8. The van der Waals surface area contributed by atoms with Crippen LogP contribution in [0.5, 0.6) is 5.75 Å². The van der Waals surface area contributed by atoms with E-state index in [-0.39, 0.29) is 10.7 Å². The van der Waals surface area contributed by atoms with Crippen molar-refractivity contribution in [1.29, 1.82) is 0 Å². The molecule has 0 saturated carbocycles. The second-order valence-electron chi connectivity index (χ2n) is 2.46. The third-order valence-corrected chi connectivity index (χ3v) is 1.68. The number of hydrogen-bond acceptors (Lipinski definition) is 2. The van der Waals surface area contributed by atoms with E-state index in [9.17, 15) is 18.0 Å². The summed E-state index contributed by atoms with van der Waals surface area (Å²) in [5.41, 5.74) is 0.282. The lowest BCUT2D eigenvalue weighted by molar-refractivity contribution is -0.274. The van der Waals surface area contributed by atoms with Crippen molar-refractivity contribution in [3.8, 4) is 5.75 Å². The van der Waals surface area contributed by atoms with Crippen LogP contribution in [-0.2, 0) is 4.79 Å². The summed E-state index contributed by atoms with van der Waals surface area (Å²) in [6.07, 6.45) is -4.40. The van der Waals surface area contributed by atoms with Gasteiger partial charge in [0.15, 0.2) is 0 Å². The fourth-order valence-electron chi connectivity index (χ4n) is 0.866. The molecular weight excluding hydrogens is 235 g/mol. The lowest BCUT2D eigenvalue weighted by atomic mass is 10.3. The molecule has 7 heteroatoms. The first kappa shape index (κ1) is 11.6. The van der Waals surface area contributed by atoms with Gasteiger partial charge in [-0.2, -0.15) is 0 Å². The smallest absolute Gasteiger partial charge is 0.404 e. The van der Waals surface area contributed by atoms with Crippen molar-refractivity contribution in [2.75, 3.05) is 5.32 Å². The molecule has 0 heterocycles. The van der Waals surface area contributed by atoms with E-state index in [1.807, 2.05) is 0 Å². The summed E-state index contributed by atoms with van der Waals surface area (Å²) in [6, 6.07) is 3.40. The summed E-state index contributed by atoms with van der Waals surface area (Å²) in [5.74, 6) is -0.513. The van der Waals surface area contributed by atoms with Gasteiger partial charge in [-0.1, -0.05) is 11.6 Å². The molecule has 0 aliphatic rings. The average molecular weight is 240 g/mol. The SMILES string of the molecule is O=CNc1ccc(OC(F)(F)F)c(Cl)c1. The molecule has 0 aliphatic heterocycles. The number of ether oxygens (including phenoxy) is 1. The number of nitrogens with one attached hydrogen (secondary N) is 1. The Morgan fingerprint density at radius 1 is 1.40 bits per heavy atom. The second kappa shape index (κ2) is 4.39. The van der Waals surface area contributed by atoms with E-state index in [4.69, 9.17) is 11.6 Å². The number of carbonyl (C=O) groups is 1. The molecule has 0 saturated heterocycles. The molecule has 1 aromatic carbocycles. The first-order valence-corrected chi connectivity index (χ1v) is 4.05. The molecule has 0 radical (unpaired) electrons. The standard InChI is InChI=1S/C8H5ClF3NO2/c9-6-3-5(13-4-14)1-2-7(6)15-8(10,11)12/h1-4H,(H,13,14). The molecule has 15 heavy (non-hydrogen) atoms. The van der Waals surface area contributed by atoms with Gasteiger partial charge in [-0.25, -0.2) is 0 Å². The molecule has 0 atom stereocenters. The van der Waals surface area contributed by atoms with E-state index in [0.29, 0.717) is 6.41 Å². The van der Waals surface area contributed by atoms with E-state index in [2.05, 4.69) is 10.1 Å². The van der Waals surface area contributed by atoms with Crippen LogP contribution < -0.4 is 10.1 Å². The minimum atomic E-state index is -4.79. The summed E-state index contributed by atoms with van der Waals surface area (Å²) in [5, 5.41) is 2.00. The largest absolute Gasteiger partial charge is 0.573 e. The van der Waals surface area contributed by atoms with Gasteiger partial charge in [0.1, 0.15) is 5.75 Å². The van der Waals surface area contributed by atoms with Crippen LogP contribution in [0.15, 0.2) is 18.2 Å². The molecular formula is C8H5ClF3NO2. The molecule has 3 nitrogen and oxygen atoms in total. The maximum absolute atomic E-state index is 11.8. The van der Waals surface area contributed by atoms with Gasteiger partial charge < -0.3 is 10.1 Å². The minimum absolute atomic E-state index is 0.237. The number of alkyl halides is 3. The van der Waals surface area contributed by atoms with Crippen LogP contribution in [0.25, 0.3) is 0 Å². The third-order valence-electron chi connectivity index (χ3n) is 1.38. The molecule has 0 bridgehead atoms. The highest BCUT2D eigenvalue weighted by atomic mass is 35.5. The Kier molecular flexibility index (Phi) is 3.41. The van der Waals surface area contributed by atoms with E-state index in [1.54, 1.807) is 0 Å². The molecule has 0 spiro atoms. The Labute approximate surface area is 87.8 Å². The molecule has 0 unspecified atom stereocenters. The molecule has 0 fully saturated rings. The first-order valence-electron chi connectivity index (χ1n) is 3.68. The van der Waals surface area contributed by atoms with E-state index < -0.39 is 12.1 Å². The number of benzene rings is 1. The fraction of sp³-hybridized carbons (Fsp3) is 0.125. The number of rotatable bonds is 3. The van der Waals surface area contributed by atoms with Gasteiger partial charge in [-0.3, -0.25) is 4.79 Å². The predicted octanol–water partition coefficient (Wildman–Crippen LogP) is 2.81. The lowest BCUT2D eigenvalue weighted by Crippen LogP contribution is -2.17. The van der Waals surface area contributed by atoms with Gasteiger partial charge >= 0.3 is 6.36 Å². The van der Waals surface area contributed by atoms with Crippen molar-refractivity contribution >= 4 is 23.7 Å². The van der Waals surface area contributed by atoms with Crippen LogP contribution in [0.3, 0.4) is 0 Å². The highest BCUT2D eigenvalue weighted by Gasteiger charge is 2.31. The monoisotopic (exact) mass is 239 g/mol. The van der Waals surface area contributed by atoms with E-state index in [0.717, 1.165) is 12.1 Å². The topological polar surface area (TPSA) is 38.3 Å². The maximum Gasteiger partial charge on any atom is 0.573 e. The van der Waals surface area contributed by atoms with Gasteiger partial charge in [0, 0.05) is 5.69 Å². The number of halogens is 4. The summed E-state index contributed by atoms with van der Waals surface area (Å²) < 4.78 is 39.1. The van der Waals surface area contributed by atoms with Gasteiger partial charge in [-0.15, -0.1) is 13.2 Å². The summed E-state index contributed by atoms with van der Waals surface area (Å²) in [4.78, 5) is 10.0. The zero-order valence-electron chi connectivity index (χ0n) is 7.14. The zero-order chi connectivity index (χ0) is 11.5. The minimum Gasteiger partial charge on any atom is -0.404 e. The van der Waals surface area contributed by atoms with Crippen molar-refractivity contribution in [3.63, 3.8) is 0 Å². The highest BCUT2D eigenvalue weighted by Crippen LogP contribution is 2.31. The van der Waals surface area contributed by atoms with Crippen LogP contribution in [0.1, 0.15) is 0 Å². The molecule has 0 aromatic heterocycles. The number of carbonyl (C=O) groups excluding carboxylic acids is 1. The van der Waals surface area contributed by atoms with Crippen molar-refractivity contribution in [3.05, 3.63) is 23.2 Å². The van der Waals surface area contributed by atoms with Gasteiger partial charge in [0.2, 0.25) is 6.41 Å². The first-order chi connectivity index (χ1) is 6.92. The Morgan fingerprint density at radius 3 is 2.53 bits per heavy atom. The van der Waals surface area contributed by atoms with E-state index >= 15 is 0 Å². The van der Waals surface area contributed by atoms with Crippen LogP contribution in [0, 0.1) is 0 Å². The zero-order valence-corrected chi connectivity index (χ0v) is 7.89. The summed E-state index contributed by atoms with van der Waals surface area (Å²) in [6.45, 7) is 0. The molecule has 1 rings (SSSR count). The van der Waals surface area contributed by atoms with Crippen molar-refractivity contribution < 1.29 is 22.7 Å². The molecule has 1 N–H and O–H groups in total. The molecule has 1 amide bonds. The normalized spacial score (nSPS) is 10.9. The third kappa shape index (κ3) is 3.67. The van der Waals surface area contributed by atoms with Crippen molar-refractivity contribution in [1.82, 2.24) is 0 Å². The van der Waals surface area contributed by atoms with Gasteiger partial charge in [0.05, 0.1) is 5.02 Å². The second-order valence-corrected chi connectivity index (χ2v) is 2.86. The Balaban J connectivity index is 2.88. The molecule has 1 aromatic rings. The summed E-state index contributed by atoms with van der Waals surface area (Å²) >= 11 is 5.49.